The third-order valence-corrected chi connectivity index (χ3v) is 1.99. The molecule has 7 heteroatoms. The van der Waals surface area contributed by atoms with Gasteiger partial charge in [-0.1, -0.05) is 11.6 Å². The first-order valence-electron chi connectivity index (χ1n) is 3.53. The molecule has 0 fully saturated rings. The summed E-state index contributed by atoms with van der Waals surface area (Å²) < 4.78 is 51.2. The van der Waals surface area contributed by atoms with E-state index in [0.717, 1.165) is 0 Å². The van der Waals surface area contributed by atoms with Crippen LogP contribution < -0.4 is 0 Å². The molecule has 15 heavy (non-hydrogen) atoms. The van der Waals surface area contributed by atoms with Crippen molar-refractivity contribution in [3.8, 4) is 0 Å². The van der Waals surface area contributed by atoms with Crippen LogP contribution >= 0.6 is 11.6 Å². The highest BCUT2D eigenvalue weighted by Gasteiger charge is 2.44. The molecule has 0 aliphatic heterocycles. The molecular formula is C8H3ClF4O2. The predicted octanol–water partition coefficient (Wildman–Crippen LogP) is 2.79. The van der Waals surface area contributed by atoms with Crippen molar-refractivity contribution in [2.75, 3.05) is 0 Å². The Morgan fingerprint density at radius 3 is 2.33 bits per heavy atom. The summed E-state index contributed by atoms with van der Waals surface area (Å²) in [6.45, 7) is 0. The number of aliphatic carboxylic acids is 1. The standard InChI is InChI=1S/C8H3ClF4O2/c9-5-4(10)2-1-3(6(5)11)8(12,13)7(14)15/h1-2H,(H,14,15). The van der Waals surface area contributed by atoms with Crippen LogP contribution in [0.1, 0.15) is 5.56 Å². The quantitative estimate of drug-likeness (QED) is 0.640. The van der Waals surface area contributed by atoms with E-state index >= 15 is 0 Å². The second kappa shape index (κ2) is 3.69. The van der Waals surface area contributed by atoms with E-state index in [1.165, 1.54) is 0 Å². The lowest BCUT2D eigenvalue weighted by Crippen LogP contribution is -2.26. The van der Waals surface area contributed by atoms with E-state index in [1.807, 2.05) is 0 Å². The number of alkyl halides is 2. The van der Waals surface area contributed by atoms with Crippen molar-refractivity contribution >= 4 is 17.6 Å². The van der Waals surface area contributed by atoms with Gasteiger partial charge in [0, 0.05) is 0 Å². The number of rotatable bonds is 2. The van der Waals surface area contributed by atoms with Crippen molar-refractivity contribution < 1.29 is 27.5 Å². The van der Waals surface area contributed by atoms with Gasteiger partial charge in [0.1, 0.15) is 10.8 Å². The largest absolute Gasteiger partial charge is 0.477 e. The van der Waals surface area contributed by atoms with Crippen molar-refractivity contribution in [2.45, 2.75) is 5.92 Å². The third-order valence-electron chi connectivity index (χ3n) is 1.64. The van der Waals surface area contributed by atoms with Crippen LogP contribution in [-0.2, 0) is 10.7 Å². The summed E-state index contributed by atoms with van der Waals surface area (Å²) in [5, 5.41) is 6.97. The van der Waals surface area contributed by atoms with Crippen molar-refractivity contribution in [3.05, 3.63) is 34.4 Å². The maximum absolute atomic E-state index is 13.0. The van der Waals surface area contributed by atoms with E-state index in [4.69, 9.17) is 16.7 Å². The predicted molar refractivity (Wildman–Crippen MR) is 42.9 cm³/mol. The molecule has 0 amide bonds. The van der Waals surface area contributed by atoms with Crippen molar-refractivity contribution in [3.63, 3.8) is 0 Å². The summed E-state index contributed by atoms with van der Waals surface area (Å²) in [5.41, 5.74) is -1.47. The molecule has 0 aromatic heterocycles. The third kappa shape index (κ3) is 1.90. The SMILES string of the molecule is O=C(O)C(F)(F)c1ccc(F)c(Cl)c1F. The lowest BCUT2D eigenvalue weighted by molar-refractivity contribution is -0.166. The fourth-order valence-electron chi connectivity index (χ4n) is 0.884. The van der Waals surface area contributed by atoms with E-state index in [2.05, 4.69) is 0 Å². The molecule has 0 radical (unpaired) electrons. The summed E-state index contributed by atoms with van der Waals surface area (Å²) in [6, 6.07) is 0.808. The minimum Gasteiger partial charge on any atom is -0.477 e. The normalized spacial score (nSPS) is 11.5. The Morgan fingerprint density at radius 2 is 1.87 bits per heavy atom. The molecule has 1 N–H and O–H groups in total. The van der Waals surface area contributed by atoms with Crippen LogP contribution in [0, 0.1) is 11.6 Å². The molecule has 1 rings (SSSR count). The van der Waals surface area contributed by atoms with Crippen LogP contribution in [0.2, 0.25) is 5.02 Å². The van der Waals surface area contributed by atoms with Gasteiger partial charge in [-0.3, -0.25) is 0 Å². The zero-order chi connectivity index (χ0) is 11.8. The van der Waals surface area contributed by atoms with Gasteiger partial charge in [-0.2, -0.15) is 8.78 Å². The lowest BCUT2D eigenvalue weighted by Gasteiger charge is -2.12. The number of carboxylic acids is 1. The molecule has 0 heterocycles. The van der Waals surface area contributed by atoms with Gasteiger partial charge in [0.25, 0.3) is 0 Å². The number of benzene rings is 1. The van der Waals surface area contributed by atoms with E-state index in [1.54, 1.807) is 0 Å². The summed E-state index contributed by atoms with van der Waals surface area (Å²) in [4.78, 5) is 10.1. The van der Waals surface area contributed by atoms with E-state index in [-0.39, 0.29) is 0 Å². The second-order valence-electron chi connectivity index (χ2n) is 2.60. The van der Waals surface area contributed by atoms with Gasteiger partial charge in [0.05, 0.1) is 5.56 Å². The summed E-state index contributed by atoms with van der Waals surface area (Å²) in [6.07, 6.45) is 0. The van der Waals surface area contributed by atoms with Crippen molar-refractivity contribution in [2.24, 2.45) is 0 Å². The maximum Gasteiger partial charge on any atom is 0.379 e. The molecule has 0 aliphatic rings. The highest BCUT2D eigenvalue weighted by molar-refractivity contribution is 6.31. The van der Waals surface area contributed by atoms with Crippen LogP contribution in [0.5, 0.6) is 0 Å². The maximum atomic E-state index is 13.0. The van der Waals surface area contributed by atoms with Gasteiger partial charge in [-0.25, -0.2) is 13.6 Å². The zero-order valence-electron chi connectivity index (χ0n) is 6.90. The lowest BCUT2D eigenvalue weighted by atomic mass is 10.1. The summed E-state index contributed by atoms with van der Waals surface area (Å²) in [5.74, 6) is -9.99. The second-order valence-corrected chi connectivity index (χ2v) is 2.98. The van der Waals surface area contributed by atoms with E-state index < -0.39 is 34.1 Å². The average molecular weight is 243 g/mol. The van der Waals surface area contributed by atoms with Crippen LogP contribution in [0.4, 0.5) is 17.6 Å². The Balaban J connectivity index is 3.40. The van der Waals surface area contributed by atoms with Gasteiger partial charge >= 0.3 is 11.9 Å². The molecule has 2 nitrogen and oxygen atoms in total. The molecule has 82 valence electrons. The monoisotopic (exact) mass is 242 g/mol. The van der Waals surface area contributed by atoms with Gasteiger partial charge in [-0.15, -0.1) is 0 Å². The molecule has 0 atom stereocenters. The van der Waals surface area contributed by atoms with Crippen LogP contribution in [0.25, 0.3) is 0 Å². The summed E-state index contributed by atoms with van der Waals surface area (Å²) >= 11 is 5.02. The van der Waals surface area contributed by atoms with E-state index in [9.17, 15) is 22.4 Å². The zero-order valence-corrected chi connectivity index (χ0v) is 7.66. The first-order chi connectivity index (χ1) is 6.78. The molecule has 0 spiro atoms. The highest BCUT2D eigenvalue weighted by atomic mass is 35.5. The Hall–Kier alpha value is -1.30. The molecule has 0 aliphatic carbocycles. The van der Waals surface area contributed by atoms with Gasteiger partial charge < -0.3 is 5.11 Å². The molecular weight excluding hydrogens is 240 g/mol. The molecule has 1 aromatic rings. The molecule has 0 saturated carbocycles. The minimum absolute atomic E-state index is 0.338. The number of hydrogen-bond donors (Lipinski definition) is 1. The first kappa shape index (κ1) is 11.8. The van der Waals surface area contributed by atoms with E-state index in [0.29, 0.717) is 12.1 Å². The molecule has 0 saturated heterocycles. The van der Waals surface area contributed by atoms with Crippen LogP contribution in [0.15, 0.2) is 12.1 Å². The van der Waals surface area contributed by atoms with Crippen molar-refractivity contribution in [1.82, 2.24) is 0 Å². The fraction of sp³-hybridized carbons (Fsp3) is 0.125. The number of carboxylic acid groups (broad SMARTS) is 1. The highest BCUT2D eigenvalue weighted by Crippen LogP contribution is 2.34. The van der Waals surface area contributed by atoms with Crippen molar-refractivity contribution in [1.29, 1.82) is 0 Å². The Kier molecular flexibility index (Phi) is 2.90. The fourth-order valence-corrected chi connectivity index (χ4v) is 1.05. The van der Waals surface area contributed by atoms with Gasteiger partial charge in [-0.05, 0) is 12.1 Å². The van der Waals surface area contributed by atoms with Gasteiger partial charge in [0.15, 0.2) is 5.82 Å². The van der Waals surface area contributed by atoms with Crippen LogP contribution in [-0.4, -0.2) is 11.1 Å². The minimum atomic E-state index is -4.44. The van der Waals surface area contributed by atoms with Crippen LogP contribution in [0.3, 0.4) is 0 Å². The molecule has 0 bridgehead atoms. The Bertz CT molecular complexity index is 419. The number of hydrogen-bond acceptors (Lipinski definition) is 1. The van der Waals surface area contributed by atoms with Gasteiger partial charge in [0.2, 0.25) is 0 Å². The smallest absolute Gasteiger partial charge is 0.379 e. The molecule has 0 unspecified atom stereocenters. The number of halogens is 5. The summed E-state index contributed by atoms with van der Waals surface area (Å²) in [7, 11) is 0. The Labute approximate surface area is 86.1 Å². The topological polar surface area (TPSA) is 37.3 Å². The average Bonchev–Trinajstić information content (AvgIpc) is 2.13. The Morgan fingerprint density at radius 1 is 1.33 bits per heavy atom. The first-order valence-corrected chi connectivity index (χ1v) is 3.91. The number of carbonyl (C=O) groups is 1. The molecule has 1 aromatic carbocycles.